The van der Waals surface area contributed by atoms with Crippen molar-refractivity contribution in [2.75, 3.05) is 25.4 Å². The molecule has 0 radical (unpaired) electrons. The number of carbonyl (C=O) groups is 1. The second kappa shape index (κ2) is 10.4. The van der Waals surface area contributed by atoms with Crippen LogP contribution in [0.1, 0.15) is 25.3 Å². The summed E-state index contributed by atoms with van der Waals surface area (Å²) in [6, 6.07) is 12.6. The largest absolute Gasteiger partial charge is 0.450 e. The topological polar surface area (TPSA) is 106 Å². The van der Waals surface area contributed by atoms with E-state index >= 15 is 0 Å². The maximum absolute atomic E-state index is 11.8. The molecule has 0 spiro atoms. The Morgan fingerprint density at radius 3 is 2.81 bits per heavy atom. The van der Waals surface area contributed by atoms with Gasteiger partial charge in [0, 0.05) is 31.2 Å². The third-order valence-corrected chi connectivity index (χ3v) is 5.35. The minimum Gasteiger partial charge on any atom is -0.450 e. The SMILES string of the molecule is CCOC(=O)N1CCC(NCc2cccc(-c3ccc4ncnc(N)c4n3)c2)CC1.Cl. The van der Waals surface area contributed by atoms with Crippen molar-refractivity contribution >= 4 is 35.4 Å². The lowest BCUT2D eigenvalue weighted by Gasteiger charge is -2.31. The van der Waals surface area contributed by atoms with Gasteiger partial charge in [-0.25, -0.2) is 19.7 Å². The molecular weight excluding hydrogens is 416 g/mol. The lowest BCUT2D eigenvalue weighted by Crippen LogP contribution is -2.44. The lowest BCUT2D eigenvalue weighted by atomic mass is 10.0. The monoisotopic (exact) mass is 442 g/mol. The summed E-state index contributed by atoms with van der Waals surface area (Å²) < 4.78 is 5.08. The quantitative estimate of drug-likeness (QED) is 0.623. The number of hydrogen-bond acceptors (Lipinski definition) is 7. The van der Waals surface area contributed by atoms with Crippen molar-refractivity contribution in [3.05, 3.63) is 48.3 Å². The van der Waals surface area contributed by atoms with Crippen LogP contribution in [-0.4, -0.2) is 51.7 Å². The molecule has 1 saturated heterocycles. The van der Waals surface area contributed by atoms with Crippen molar-refractivity contribution in [2.45, 2.75) is 32.4 Å². The number of aromatic nitrogens is 3. The Bertz CT molecular complexity index is 1040. The molecule has 3 aromatic rings. The van der Waals surface area contributed by atoms with E-state index < -0.39 is 0 Å². The van der Waals surface area contributed by atoms with E-state index in [1.54, 1.807) is 4.90 Å². The van der Waals surface area contributed by atoms with Gasteiger partial charge in [0.25, 0.3) is 0 Å². The van der Waals surface area contributed by atoms with Crippen molar-refractivity contribution in [3.8, 4) is 11.3 Å². The maximum atomic E-state index is 11.8. The summed E-state index contributed by atoms with van der Waals surface area (Å²) >= 11 is 0. The Balaban J connectivity index is 0.00000272. The minimum absolute atomic E-state index is 0. The number of hydrogen-bond donors (Lipinski definition) is 2. The van der Waals surface area contributed by atoms with Gasteiger partial charge < -0.3 is 20.7 Å². The van der Waals surface area contributed by atoms with Crippen LogP contribution < -0.4 is 11.1 Å². The second-order valence-corrected chi connectivity index (χ2v) is 7.36. The summed E-state index contributed by atoms with van der Waals surface area (Å²) in [5.41, 5.74) is 10.4. The molecule has 31 heavy (non-hydrogen) atoms. The number of benzene rings is 1. The zero-order valence-electron chi connectivity index (χ0n) is 17.5. The van der Waals surface area contributed by atoms with Gasteiger partial charge in [0.2, 0.25) is 0 Å². The molecule has 0 unspecified atom stereocenters. The number of ether oxygens (including phenoxy) is 1. The Morgan fingerprint density at radius 2 is 2.03 bits per heavy atom. The maximum Gasteiger partial charge on any atom is 0.409 e. The molecule has 1 fully saturated rings. The van der Waals surface area contributed by atoms with E-state index in [0.29, 0.717) is 24.0 Å². The van der Waals surface area contributed by atoms with Gasteiger partial charge in [-0.15, -0.1) is 12.4 Å². The highest BCUT2D eigenvalue weighted by Crippen LogP contribution is 2.23. The zero-order chi connectivity index (χ0) is 20.9. The molecule has 0 saturated carbocycles. The number of likely N-dealkylation sites (tertiary alicyclic amines) is 1. The number of carbonyl (C=O) groups excluding carboxylic acids is 1. The van der Waals surface area contributed by atoms with E-state index in [0.717, 1.165) is 49.2 Å². The fraction of sp³-hybridized carbons (Fsp3) is 0.364. The summed E-state index contributed by atoms with van der Waals surface area (Å²) in [7, 11) is 0. The predicted molar refractivity (Wildman–Crippen MR) is 123 cm³/mol. The van der Waals surface area contributed by atoms with Crippen LogP contribution in [0, 0.1) is 0 Å². The van der Waals surface area contributed by atoms with Crippen LogP contribution in [-0.2, 0) is 11.3 Å². The average molecular weight is 443 g/mol. The van der Waals surface area contributed by atoms with Crippen molar-refractivity contribution in [2.24, 2.45) is 0 Å². The van der Waals surface area contributed by atoms with E-state index in [2.05, 4.69) is 32.4 Å². The van der Waals surface area contributed by atoms with Crippen LogP contribution in [0.5, 0.6) is 0 Å². The van der Waals surface area contributed by atoms with Crippen LogP contribution in [0.4, 0.5) is 10.6 Å². The number of halogens is 1. The Morgan fingerprint density at radius 1 is 1.23 bits per heavy atom. The van der Waals surface area contributed by atoms with Gasteiger partial charge in [-0.05, 0) is 43.5 Å². The third-order valence-electron chi connectivity index (χ3n) is 5.35. The van der Waals surface area contributed by atoms with E-state index in [1.807, 2.05) is 31.2 Å². The molecule has 1 aromatic carbocycles. The normalized spacial score (nSPS) is 14.3. The van der Waals surface area contributed by atoms with E-state index in [9.17, 15) is 4.79 Å². The first-order valence-corrected chi connectivity index (χ1v) is 10.3. The first-order chi connectivity index (χ1) is 14.6. The zero-order valence-corrected chi connectivity index (χ0v) is 18.3. The summed E-state index contributed by atoms with van der Waals surface area (Å²) in [6.45, 7) is 4.45. The molecule has 0 atom stereocenters. The van der Waals surface area contributed by atoms with E-state index in [1.165, 1.54) is 11.9 Å². The predicted octanol–water partition coefficient (Wildman–Crippen LogP) is 3.41. The average Bonchev–Trinajstić information content (AvgIpc) is 2.78. The highest BCUT2D eigenvalue weighted by molar-refractivity contribution is 5.86. The number of rotatable bonds is 5. The van der Waals surface area contributed by atoms with Gasteiger partial charge in [0.1, 0.15) is 11.8 Å². The number of nitrogen functional groups attached to an aromatic ring is 1. The fourth-order valence-corrected chi connectivity index (χ4v) is 3.70. The fourth-order valence-electron chi connectivity index (χ4n) is 3.70. The summed E-state index contributed by atoms with van der Waals surface area (Å²) in [5, 5.41) is 3.61. The minimum atomic E-state index is -0.211. The number of piperidine rings is 1. The van der Waals surface area contributed by atoms with Crippen LogP contribution in [0.2, 0.25) is 0 Å². The number of nitrogens with two attached hydrogens (primary N) is 1. The van der Waals surface area contributed by atoms with Gasteiger partial charge in [-0.1, -0.05) is 18.2 Å². The lowest BCUT2D eigenvalue weighted by molar-refractivity contribution is 0.0950. The van der Waals surface area contributed by atoms with Crippen LogP contribution >= 0.6 is 12.4 Å². The number of amides is 1. The molecule has 1 aliphatic heterocycles. The molecule has 8 nitrogen and oxygen atoms in total. The number of nitrogens with one attached hydrogen (secondary N) is 1. The van der Waals surface area contributed by atoms with E-state index in [4.69, 9.17) is 10.5 Å². The molecule has 4 rings (SSSR count). The molecule has 3 N–H and O–H groups in total. The second-order valence-electron chi connectivity index (χ2n) is 7.36. The molecule has 1 aliphatic rings. The molecule has 1 amide bonds. The van der Waals surface area contributed by atoms with Crippen LogP contribution in [0.25, 0.3) is 22.3 Å². The number of pyridine rings is 1. The smallest absolute Gasteiger partial charge is 0.409 e. The van der Waals surface area contributed by atoms with Gasteiger partial charge in [-0.3, -0.25) is 0 Å². The summed E-state index contributed by atoms with van der Waals surface area (Å²) in [4.78, 5) is 26.5. The molecule has 9 heteroatoms. The van der Waals surface area contributed by atoms with Crippen molar-refractivity contribution < 1.29 is 9.53 Å². The van der Waals surface area contributed by atoms with Crippen molar-refractivity contribution in [3.63, 3.8) is 0 Å². The Hall–Kier alpha value is -2.97. The highest BCUT2D eigenvalue weighted by atomic mass is 35.5. The van der Waals surface area contributed by atoms with Gasteiger partial charge in [0.15, 0.2) is 5.82 Å². The Labute approximate surface area is 187 Å². The van der Waals surface area contributed by atoms with Crippen LogP contribution in [0.15, 0.2) is 42.7 Å². The number of fused-ring (bicyclic) bond motifs is 1. The summed E-state index contributed by atoms with van der Waals surface area (Å²) in [5.74, 6) is 0.383. The van der Waals surface area contributed by atoms with Gasteiger partial charge in [0.05, 0.1) is 17.8 Å². The van der Waals surface area contributed by atoms with E-state index in [-0.39, 0.29) is 18.5 Å². The molecule has 3 heterocycles. The first kappa shape index (κ1) is 22.7. The van der Waals surface area contributed by atoms with Gasteiger partial charge >= 0.3 is 6.09 Å². The third kappa shape index (κ3) is 5.39. The standard InChI is InChI=1S/C22H26N6O2.ClH/c1-2-30-22(29)28-10-8-17(9-11-28)24-13-15-4-3-5-16(12-15)18-6-7-19-20(27-18)21(23)26-14-25-19;/h3-7,12,14,17,24H,2,8-11,13H2,1H3,(H2,23,25,26);1H. The van der Waals surface area contributed by atoms with Crippen molar-refractivity contribution in [1.29, 1.82) is 0 Å². The van der Waals surface area contributed by atoms with Crippen molar-refractivity contribution in [1.82, 2.24) is 25.2 Å². The number of nitrogens with zero attached hydrogens (tertiary/aromatic N) is 4. The molecule has 0 aliphatic carbocycles. The Kier molecular flexibility index (Phi) is 7.59. The van der Waals surface area contributed by atoms with Gasteiger partial charge in [-0.2, -0.15) is 0 Å². The molecule has 2 aromatic heterocycles. The van der Waals surface area contributed by atoms with Crippen LogP contribution in [0.3, 0.4) is 0 Å². The first-order valence-electron chi connectivity index (χ1n) is 10.3. The molecule has 164 valence electrons. The summed E-state index contributed by atoms with van der Waals surface area (Å²) in [6.07, 6.45) is 3.08. The highest BCUT2D eigenvalue weighted by Gasteiger charge is 2.23. The molecular formula is C22H27ClN6O2. The number of anilines is 1. The molecule has 0 bridgehead atoms.